The van der Waals surface area contributed by atoms with Crippen LogP contribution in [0.15, 0.2) is 30.6 Å². The molecule has 2 N–H and O–H groups in total. The lowest BCUT2D eigenvalue weighted by Crippen LogP contribution is -2.36. The minimum absolute atomic E-state index is 0.00770. The SMILES string of the molecule is Cc1cc(-c2cnc([C@@H]3CCCN3C(=O)[C@@H](C)C(C)C)[nH]2)ccc1C#CC#Cc1cnc([C@@H]2CCCN2C(=O)OC(C)(C)C)[nH]1. The van der Waals surface area contributed by atoms with Gasteiger partial charge in [0.2, 0.25) is 5.91 Å². The fourth-order valence-corrected chi connectivity index (χ4v) is 5.84. The number of nitrogens with zero attached hydrogens (tertiary/aromatic N) is 4. The summed E-state index contributed by atoms with van der Waals surface area (Å²) in [6, 6.07) is 5.95. The van der Waals surface area contributed by atoms with Gasteiger partial charge in [-0.1, -0.05) is 32.8 Å². The van der Waals surface area contributed by atoms with E-state index < -0.39 is 5.60 Å². The molecule has 0 bridgehead atoms. The number of carbonyl (C=O) groups is 2. The Hall–Kier alpha value is -4.50. The van der Waals surface area contributed by atoms with Crippen molar-refractivity contribution in [2.75, 3.05) is 13.1 Å². The van der Waals surface area contributed by atoms with E-state index in [0.717, 1.165) is 60.4 Å². The van der Waals surface area contributed by atoms with Gasteiger partial charge >= 0.3 is 6.09 Å². The first-order valence-electron chi connectivity index (χ1n) is 15.9. The molecule has 2 aliphatic rings. The van der Waals surface area contributed by atoms with Crippen LogP contribution < -0.4 is 0 Å². The number of hydrogen-bond donors (Lipinski definition) is 2. The van der Waals surface area contributed by atoms with Gasteiger partial charge < -0.3 is 19.6 Å². The quantitative estimate of drug-likeness (QED) is 0.320. The summed E-state index contributed by atoms with van der Waals surface area (Å²) in [6.45, 7) is 15.3. The maximum atomic E-state index is 13.1. The monoisotopic (exact) mass is 608 g/mol. The second kappa shape index (κ2) is 13.2. The lowest BCUT2D eigenvalue weighted by atomic mass is 9.96. The number of hydrogen-bond acceptors (Lipinski definition) is 5. The summed E-state index contributed by atoms with van der Waals surface area (Å²) in [5, 5.41) is 0. The maximum absolute atomic E-state index is 13.1. The van der Waals surface area contributed by atoms with Gasteiger partial charge in [0.05, 0.1) is 30.2 Å². The Morgan fingerprint density at radius 1 is 0.933 bits per heavy atom. The number of imidazole rings is 2. The van der Waals surface area contributed by atoms with Gasteiger partial charge in [-0.2, -0.15) is 0 Å². The molecule has 3 aromatic rings. The largest absolute Gasteiger partial charge is 0.444 e. The number of aromatic nitrogens is 4. The Bertz CT molecular complexity index is 1670. The van der Waals surface area contributed by atoms with Crippen molar-refractivity contribution < 1.29 is 14.3 Å². The average molecular weight is 609 g/mol. The fraction of sp³-hybridized carbons (Fsp3) is 0.500. The third-order valence-corrected chi connectivity index (χ3v) is 8.62. The van der Waals surface area contributed by atoms with Crippen molar-refractivity contribution in [2.24, 2.45) is 11.8 Å². The lowest BCUT2D eigenvalue weighted by molar-refractivity contribution is -0.137. The number of benzene rings is 1. The number of aryl methyl sites for hydroxylation is 1. The highest BCUT2D eigenvalue weighted by molar-refractivity contribution is 5.79. The number of rotatable bonds is 5. The van der Waals surface area contributed by atoms with Gasteiger partial charge in [-0.25, -0.2) is 14.8 Å². The van der Waals surface area contributed by atoms with E-state index in [1.165, 1.54) is 0 Å². The number of likely N-dealkylation sites (tertiary alicyclic amines) is 2. The van der Waals surface area contributed by atoms with Crippen LogP contribution in [0.1, 0.15) is 108 Å². The normalized spacial score (nSPS) is 18.8. The molecule has 236 valence electrons. The number of ether oxygens (including phenoxy) is 1. The minimum atomic E-state index is -0.546. The summed E-state index contributed by atoms with van der Waals surface area (Å²) in [5.41, 5.74) is 3.98. The Morgan fingerprint density at radius 3 is 2.27 bits per heavy atom. The molecule has 0 saturated carbocycles. The van der Waals surface area contributed by atoms with E-state index >= 15 is 0 Å². The Morgan fingerprint density at radius 2 is 1.58 bits per heavy atom. The second-order valence-corrected chi connectivity index (χ2v) is 13.4. The van der Waals surface area contributed by atoms with Crippen LogP contribution in [-0.2, 0) is 9.53 Å². The molecular weight excluding hydrogens is 564 g/mol. The van der Waals surface area contributed by atoms with Gasteiger partial charge in [-0.15, -0.1) is 0 Å². The molecule has 2 fully saturated rings. The molecular formula is C36H44N6O3. The first-order chi connectivity index (χ1) is 21.4. The van der Waals surface area contributed by atoms with Crippen LogP contribution in [0, 0.1) is 42.4 Å². The highest BCUT2D eigenvalue weighted by Crippen LogP contribution is 2.34. The van der Waals surface area contributed by atoms with E-state index in [1.807, 2.05) is 57.8 Å². The summed E-state index contributed by atoms with van der Waals surface area (Å²) in [4.78, 5) is 45.4. The first kappa shape index (κ1) is 31.9. The van der Waals surface area contributed by atoms with Crippen molar-refractivity contribution in [1.82, 2.24) is 29.7 Å². The van der Waals surface area contributed by atoms with Gasteiger partial charge in [0.1, 0.15) is 22.9 Å². The topological polar surface area (TPSA) is 107 Å². The Labute approximate surface area is 266 Å². The fourth-order valence-electron chi connectivity index (χ4n) is 5.84. The summed E-state index contributed by atoms with van der Waals surface area (Å²) in [5.74, 6) is 14.1. The third-order valence-electron chi connectivity index (χ3n) is 8.62. The molecule has 45 heavy (non-hydrogen) atoms. The lowest BCUT2D eigenvalue weighted by Gasteiger charge is -2.27. The minimum Gasteiger partial charge on any atom is -0.444 e. The molecule has 2 aliphatic heterocycles. The number of H-pyrrole nitrogens is 2. The van der Waals surface area contributed by atoms with E-state index in [0.29, 0.717) is 24.0 Å². The van der Waals surface area contributed by atoms with E-state index in [-0.39, 0.29) is 30.0 Å². The molecule has 0 radical (unpaired) electrons. The second-order valence-electron chi connectivity index (χ2n) is 13.4. The van der Waals surface area contributed by atoms with Crippen LogP contribution in [0.5, 0.6) is 0 Å². The zero-order valence-electron chi connectivity index (χ0n) is 27.5. The molecule has 3 atom stereocenters. The molecule has 0 aliphatic carbocycles. The highest BCUT2D eigenvalue weighted by Gasteiger charge is 2.36. The molecule has 9 nitrogen and oxygen atoms in total. The van der Waals surface area contributed by atoms with E-state index in [9.17, 15) is 9.59 Å². The summed E-state index contributed by atoms with van der Waals surface area (Å²) < 4.78 is 5.57. The molecule has 5 rings (SSSR count). The molecule has 2 saturated heterocycles. The van der Waals surface area contributed by atoms with Gasteiger partial charge in [0.25, 0.3) is 0 Å². The third kappa shape index (κ3) is 7.42. The highest BCUT2D eigenvalue weighted by atomic mass is 16.6. The van der Waals surface area contributed by atoms with E-state index in [4.69, 9.17) is 4.74 Å². The standard InChI is InChI=1S/C36H44N6O3/c1-23(2)25(4)34(43)41-18-10-14-30(41)33-38-22-29(40-33)27-17-16-26(24(3)20-27)12-8-9-13-28-21-37-32(39-28)31-15-11-19-42(31)35(44)45-36(5,6)7/h16-17,20-23,25,30-31H,10-11,14-15,18-19H2,1-7H3,(H,37,39)(H,38,40)/t25-,30-,31-/m0/s1. The van der Waals surface area contributed by atoms with Crippen molar-refractivity contribution >= 4 is 12.0 Å². The zero-order chi connectivity index (χ0) is 32.3. The Kier molecular flexibility index (Phi) is 9.39. The van der Waals surface area contributed by atoms with Gasteiger partial charge in [0.15, 0.2) is 0 Å². The predicted molar refractivity (Wildman–Crippen MR) is 174 cm³/mol. The van der Waals surface area contributed by atoms with Crippen molar-refractivity contribution in [2.45, 2.75) is 91.8 Å². The number of nitrogens with one attached hydrogen (secondary N) is 2. The maximum Gasteiger partial charge on any atom is 0.410 e. The molecule has 4 heterocycles. The molecule has 1 aromatic carbocycles. The van der Waals surface area contributed by atoms with Crippen LogP contribution in [0.3, 0.4) is 0 Å². The first-order valence-corrected chi connectivity index (χ1v) is 15.9. The van der Waals surface area contributed by atoms with Crippen molar-refractivity contribution in [3.8, 4) is 34.9 Å². The van der Waals surface area contributed by atoms with Crippen LogP contribution in [0.25, 0.3) is 11.3 Å². The molecule has 0 unspecified atom stereocenters. The number of aromatic amines is 2. The predicted octanol–water partition coefficient (Wildman–Crippen LogP) is 6.54. The van der Waals surface area contributed by atoms with Gasteiger partial charge in [0, 0.05) is 24.6 Å². The summed E-state index contributed by atoms with van der Waals surface area (Å²) in [6.07, 6.45) is 6.84. The smallest absolute Gasteiger partial charge is 0.410 e. The van der Waals surface area contributed by atoms with Crippen molar-refractivity contribution in [3.05, 3.63) is 59.1 Å². The molecule has 2 aromatic heterocycles. The van der Waals surface area contributed by atoms with Crippen molar-refractivity contribution in [3.63, 3.8) is 0 Å². The zero-order valence-corrected chi connectivity index (χ0v) is 27.5. The Balaban J connectivity index is 1.23. The van der Waals surface area contributed by atoms with E-state index in [2.05, 4.69) is 63.5 Å². The summed E-state index contributed by atoms with van der Waals surface area (Å²) in [7, 11) is 0. The van der Waals surface area contributed by atoms with Crippen LogP contribution in [0.4, 0.5) is 4.79 Å². The molecule has 9 heteroatoms. The number of carbonyl (C=O) groups excluding carboxylic acids is 2. The van der Waals surface area contributed by atoms with Gasteiger partial charge in [-0.05, 0) is 100 Å². The molecule has 0 spiro atoms. The number of amides is 2. The van der Waals surface area contributed by atoms with Crippen molar-refractivity contribution in [1.29, 1.82) is 0 Å². The van der Waals surface area contributed by atoms with E-state index in [1.54, 1.807) is 11.1 Å². The average Bonchev–Trinajstić information content (AvgIpc) is 3.80. The van der Waals surface area contributed by atoms with Gasteiger partial charge in [-0.3, -0.25) is 9.69 Å². The van der Waals surface area contributed by atoms with Crippen LogP contribution in [0.2, 0.25) is 0 Å². The van der Waals surface area contributed by atoms with Crippen LogP contribution >= 0.6 is 0 Å². The molecule has 2 amide bonds. The summed E-state index contributed by atoms with van der Waals surface area (Å²) >= 11 is 0. The van der Waals surface area contributed by atoms with Crippen LogP contribution in [-0.4, -0.2) is 60.4 Å².